The summed E-state index contributed by atoms with van der Waals surface area (Å²) in [5, 5.41) is 6.38. The van der Waals surface area contributed by atoms with Crippen molar-refractivity contribution in [3.8, 4) is 11.5 Å². The van der Waals surface area contributed by atoms with E-state index in [1.165, 1.54) is 7.11 Å². The van der Waals surface area contributed by atoms with Gasteiger partial charge in [0.15, 0.2) is 11.5 Å². The van der Waals surface area contributed by atoms with Crippen LogP contribution in [0.2, 0.25) is 0 Å². The molecular weight excluding hydrogens is 264 g/mol. The Balaban J connectivity index is 2.13. The molecule has 1 aliphatic heterocycles. The van der Waals surface area contributed by atoms with Crippen molar-refractivity contribution in [2.45, 2.75) is 6.04 Å². The molecule has 106 valence electrons. The van der Waals surface area contributed by atoms with E-state index in [2.05, 4.69) is 15.3 Å². The second-order valence-corrected chi connectivity index (χ2v) is 3.98. The molecule has 0 fully saturated rings. The van der Waals surface area contributed by atoms with E-state index in [1.807, 2.05) is 0 Å². The summed E-state index contributed by atoms with van der Waals surface area (Å²) in [6.07, 6.45) is 0. The lowest BCUT2D eigenvalue weighted by molar-refractivity contribution is -0.143. The second kappa shape index (κ2) is 6.65. The molecule has 0 aromatic heterocycles. The number of rotatable bonds is 6. The summed E-state index contributed by atoms with van der Waals surface area (Å²) in [6.45, 7) is 0.777. The number of carbonyl (C=O) groups is 1. The Morgan fingerprint density at radius 2 is 2.35 bits per heavy atom. The molecule has 1 N–H and O–H groups in total. The van der Waals surface area contributed by atoms with Crippen LogP contribution in [0.1, 0.15) is 11.6 Å². The summed E-state index contributed by atoms with van der Waals surface area (Å²) in [6, 6.07) is 4.58. The first-order chi connectivity index (χ1) is 9.76. The largest absolute Gasteiger partial charge is 0.468 e. The van der Waals surface area contributed by atoms with Gasteiger partial charge in [-0.15, -0.1) is 0 Å². The van der Waals surface area contributed by atoms with E-state index < -0.39 is 12.0 Å². The zero-order chi connectivity index (χ0) is 14.4. The van der Waals surface area contributed by atoms with Crippen molar-refractivity contribution in [3.63, 3.8) is 0 Å². The highest BCUT2D eigenvalue weighted by molar-refractivity contribution is 5.78. The second-order valence-electron chi connectivity index (χ2n) is 3.98. The summed E-state index contributed by atoms with van der Waals surface area (Å²) < 4.78 is 15.3. The molecule has 1 aliphatic rings. The smallest absolute Gasteiger partial charge is 0.327 e. The fourth-order valence-electron chi connectivity index (χ4n) is 1.85. The maximum Gasteiger partial charge on any atom is 0.327 e. The zero-order valence-corrected chi connectivity index (χ0v) is 10.9. The van der Waals surface area contributed by atoms with E-state index in [1.54, 1.807) is 18.2 Å². The Morgan fingerprint density at radius 3 is 3.10 bits per heavy atom. The van der Waals surface area contributed by atoms with Crippen molar-refractivity contribution in [2.24, 2.45) is 5.11 Å². The Bertz CT molecular complexity index is 542. The van der Waals surface area contributed by atoms with Gasteiger partial charge < -0.3 is 19.5 Å². The van der Waals surface area contributed by atoms with Crippen LogP contribution in [0.15, 0.2) is 23.3 Å². The number of azide groups is 1. The van der Waals surface area contributed by atoms with Gasteiger partial charge in [0.1, 0.15) is 6.04 Å². The van der Waals surface area contributed by atoms with Gasteiger partial charge in [0.05, 0.1) is 7.11 Å². The van der Waals surface area contributed by atoms with E-state index in [9.17, 15) is 4.79 Å². The minimum atomic E-state index is -0.650. The van der Waals surface area contributed by atoms with Crippen LogP contribution < -0.4 is 14.8 Å². The molecule has 8 nitrogen and oxygen atoms in total. The average molecular weight is 278 g/mol. The number of hydrogen-bond acceptors (Lipinski definition) is 6. The summed E-state index contributed by atoms with van der Waals surface area (Å²) in [5.74, 6) is 0.810. The fraction of sp³-hybridized carbons (Fsp3) is 0.417. The molecule has 1 atom stereocenters. The van der Waals surface area contributed by atoms with Gasteiger partial charge in [0.2, 0.25) is 6.79 Å². The molecule has 0 bridgehead atoms. The molecular formula is C12H14N4O4. The third-order valence-corrected chi connectivity index (χ3v) is 2.79. The molecule has 1 aromatic carbocycles. The standard InChI is InChI=1S/C12H14N4O4/c1-18-12(17)11(14-4-5-15-16-13)8-2-3-9-10(6-8)20-7-19-9/h2-3,6,11,14H,4-5,7H2,1H3. The van der Waals surface area contributed by atoms with E-state index >= 15 is 0 Å². The minimum absolute atomic E-state index is 0.173. The topological polar surface area (TPSA) is 106 Å². The van der Waals surface area contributed by atoms with Crippen LogP contribution in [0.4, 0.5) is 0 Å². The molecule has 2 rings (SSSR count). The van der Waals surface area contributed by atoms with Crippen molar-refractivity contribution < 1.29 is 19.0 Å². The van der Waals surface area contributed by atoms with Gasteiger partial charge in [0.25, 0.3) is 0 Å². The number of methoxy groups -OCH3 is 1. The average Bonchev–Trinajstić information content (AvgIpc) is 2.94. The van der Waals surface area contributed by atoms with Gasteiger partial charge in [0, 0.05) is 18.0 Å². The first-order valence-corrected chi connectivity index (χ1v) is 5.98. The Labute approximate surface area is 115 Å². The normalized spacial score (nSPS) is 13.4. The number of hydrogen-bond donors (Lipinski definition) is 1. The lowest BCUT2D eigenvalue weighted by atomic mass is 10.1. The predicted octanol–water partition coefficient (Wildman–Crippen LogP) is 1.53. The van der Waals surface area contributed by atoms with Crippen molar-refractivity contribution in [1.82, 2.24) is 5.32 Å². The maximum atomic E-state index is 11.8. The first-order valence-electron chi connectivity index (χ1n) is 5.98. The molecule has 0 amide bonds. The van der Waals surface area contributed by atoms with Crippen molar-refractivity contribution in [1.29, 1.82) is 0 Å². The highest BCUT2D eigenvalue weighted by Crippen LogP contribution is 2.34. The molecule has 1 heterocycles. The Morgan fingerprint density at radius 1 is 1.55 bits per heavy atom. The summed E-state index contributed by atoms with van der Waals surface area (Å²) in [5.41, 5.74) is 8.91. The third-order valence-electron chi connectivity index (χ3n) is 2.79. The number of benzene rings is 1. The Kier molecular flexibility index (Phi) is 4.65. The lowest BCUT2D eigenvalue weighted by Gasteiger charge is -2.16. The number of nitrogens with one attached hydrogen (secondary N) is 1. The van der Waals surface area contributed by atoms with Crippen LogP contribution in [-0.4, -0.2) is 33.0 Å². The van der Waals surface area contributed by atoms with Crippen molar-refractivity contribution in [2.75, 3.05) is 27.0 Å². The van der Waals surface area contributed by atoms with Gasteiger partial charge in [-0.2, -0.15) is 0 Å². The van der Waals surface area contributed by atoms with Crippen LogP contribution in [-0.2, 0) is 9.53 Å². The van der Waals surface area contributed by atoms with Crippen LogP contribution in [0.3, 0.4) is 0 Å². The van der Waals surface area contributed by atoms with Gasteiger partial charge in [-0.1, -0.05) is 11.2 Å². The molecule has 0 spiro atoms. The predicted molar refractivity (Wildman–Crippen MR) is 69.3 cm³/mol. The molecule has 0 saturated carbocycles. The number of esters is 1. The van der Waals surface area contributed by atoms with Gasteiger partial charge in [-0.3, -0.25) is 0 Å². The number of nitrogens with zero attached hydrogens (tertiary/aromatic N) is 3. The van der Waals surface area contributed by atoms with Crippen LogP contribution in [0, 0.1) is 0 Å². The summed E-state index contributed by atoms with van der Waals surface area (Å²) in [7, 11) is 1.32. The number of ether oxygens (including phenoxy) is 3. The molecule has 20 heavy (non-hydrogen) atoms. The van der Waals surface area contributed by atoms with Crippen molar-refractivity contribution in [3.05, 3.63) is 34.2 Å². The van der Waals surface area contributed by atoms with Crippen LogP contribution >= 0.6 is 0 Å². The van der Waals surface area contributed by atoms with Gasteiger partial charge in [-0.05, 0) is 23.2 Å². The van der Waals surface area contributed by atoms with E-state index in [0.29, 0.717) is 23.6 Å². The zero-order valence-electron chi connectivity index (χ0n) is 10.9. The van der Waals surface area contributed by atoms with E-state index in [-0.39, 0.29) is 13.3 Å². The SMILES string of the molecule is COC(=O)C(NCCN=[N+]=[N-])c1ccc2c(c1)OCO2. The summed E-state index contributed by atoms with van der Waals surface area (Å²) in [4.78, 5) is 14.5. The quantitative estimate of drug-likeness (QED) is 0.279. The molecule has 1 aromatic rings. The first kappa shape index (κ1) is 14.0. The highest BCUT2D eigenvalue weighted by atomic mass is 16.7. The molecule has 0 aliphatic carbocycles. The number of fused-ring (bicyclic) bond motifs is 1. The minimum Gasteiger partial charge on any atom is -0.468 e. The van der Waals surface area contributed by atoms with Crippen LogP contribution in [0.25, 0.3) is 10.4 Å². The third kappa shape index (κ3) is 3.11. The highest BCUT2D eigenvalue weighted by Gasteiger charge is 2.23. The van der Waals surface area contributed by atoms with Gasteiger partial charge >= 0.3 is 5.97 Å². The van der Waals surface area contributed by atoms with E-state index in [0.717, 1.165) is 0 Å². The van der Waals surface area contributed by atoms with Crippen LogP contribution in [0.5, 0.6) is 11.5 Å². The molecule has 0 saturated heterocycles. The number of carbonyl (C=O) groups excluding carboxylic acids is 1. The monoisotopic (exact) mass is 278 g/mol. The Hall–Kier alpha value is -2.44. The molecule has 8 heteroatoms. The van der Waals surface area contributed by atoms with Crippen molar-refractivity contribution >= 4 is 5.97 Å². The fourth-order valence-corrected chi connectivity index (χ4v) is 1.85. The molecule has 0 radical (unpaired) electrons. The summed E-state index contributed by atoms with van der Waals surface area (Å²) >= 11 is 0. The van der Waals surface area contributed by atoms with Gasteiger partial charge in [-0.25, -0.2) is 4.79 Å². The molecule has 1 unspecified atom stereocenters. The lowest BCUT2D eigenvalue weighted by Crippen LogP contribution is -2.31. The van der Waals surface area contributed by atoms with E-state index in [4.69, 9.17) is 19.7 Å². The maximum absolute atomic E-state index is 11.8.